The average Bonchev–Trinajstić information content (AvgIpc) is 2.14. The first-order valence-electron chi connectivity index (χ1n) is 5.31. The smallest absolute Gasteiger partial charge is 0.323 e. The van der Waals surface area contributed by atoms with Crippen LogP contribution >= 0.6 is 0 Å². The number of carboxylic acids is 1. The van der Waals surface area contributed by atoms with Gasteiger partial charge in [-0.1, -0.05) is 0 Å². The van der Waals surface area contributed by atoms with Gasteiger partial charge in [0.05, 0.1) is 0 Å². The maximum Gasteiger partial charge on any atom is 0.323 e. The predicted molar refractivity (Wildman–Crippen MR) is 66.3 cm³/mol. The van der Waals surface area contributed by atoms with E-state index in [1.54, 1.807) is 18.0 Å². The number of hydrogen-bond donors (Lipinski definition) is 2. The fourth-order valence-corrected chi connectivity index (χ4v) is 1.29. The maximum absolute atomic E-state index is 10.6. The lowest BCUT2D eigenvalue weighted by molar-refractivity contribution is -0.135. The van der Waals surface area contributed by atoms with Crippen LogP contribution in [-0.4, -0.2) is 40.2 Å². The standard InChI is InChI=1S/C11H18N4O2/c1-11(2,3)14-8-5-9(13-7-12-8)15(4)6-10(16)17/h5,7H,6H2,1-4H3,(H,16,17)(H,12,13,14). The van der Waals surface area contributed by atoms with Crippen LogP contribution in [0, 0.1) is 0 Å². The molecule has 0 aliphatic heterocycles. The molecule has 0 saturated carbocycles. The minimum atomic E-state index is -0.892. The van der Waals surface area contributed by atoms with Crippen LogP contribution in [0.5, 0.6) is 0 Å². The van der Waals surface area contributed by atoms with Gasteiger partial charge in [0.2, 0.25) is 0 Å². The van der Waals surface area contributed by atoms with E-state index in [0.717, 1.165) is 0 Å². The van der Waals surface area contributed by atoms with Gasteiger partial charge in [0.15, 0.2) is 0 Å². The van der Waals surface area contributed by atoms with Gasteiger partial charge in [-0.3, -0.25) is 4.79 Å². The molecule has 2 N–H and O–H groups in total. The zero-order chi connectivity index (χ0) is 13.1. The van der Waals surface area contributed by atoms with Crippen molar-refractivity contribution in [1.82, 2.24) is 9.97 Å². The molecule has 6 nitrogen and oxygen atoms in total. The van der Waals surface area contributed by atoms with Crippen LogP contribution < -0.4 is 10.2 Å². The van der Waals surface area contributed by atoms with Crippen LogP contribution in [0.15, 0.2) is 12.4 Å². The molecular formula is C11H18N4O2. The lowest BCUT2D eigenvalue weighted by Crippen LogP contribution is -2.28. The Kier molecular flexibility index (Phi) is 3.88. The minimum absolute atomic E-state index is 0.0913. The molecule has 0 bridgehead atoms. The van der Waals surface area contributed by atoms with Gasteiger partial charge < -0.3 is 15.3 Å². The van der Waals surface area contributed by atoms with E-state index in [2.05, 4.69) is 15.3 Å². The topological polar surface area (TPSA) is 78.4 Å². The Morgan fingerprint density at radius 3 is 2.65 bits per heavy atom. The van der Waals surface area contributed by atoms with Crippen molar-refractivity contribution >= 4 is 17.6 Å². The summed E-state index contributed by atoms with van der Waals surface area (Å²) >= 11 is 0. The largest absolute Gasteiger partial charge is 0.480 e. The first-order valence-corrected chi connectivity index (χ1v) is 5.31. The van der Waals surface area contributed by atoms with Gasteiger partial charge in [-0.15, -0.1) is 0 Å². The first kappa shape index (κ1) is 13.2. The summed E-state index contributed by atoms with van der Waals surface area (Å²) in [6.07, 6.45) is 1.42. The predicted octanol–water partition coefficient (Wildman–Crippen LogP) is 1.21. The monoisotopic (exact) mass is 238 g/mol. The molecular weight excluding hydrogens is 220 g/mol. The molecule has 1 aromatic rings. The highest BCUT2D eigenvalue weighted by atomic mass is 16.4. The van der Waals surface area contributed by atoms with Crippen LogP contribution in [0.1, 0.15) is 20.8 Å². The van der Waals surface area contributed by atoms with Crippen LogP contribution in [0.2, 0.25) is 0 Å². The van der Waals surface area contributed by atoms with Crippen molar-refractivity contribution in [1.29, 1.82) is 0 Å². The third-order valence-corrected chi connectivity index (χ3v) is 1.92. The van der Waals surface area contributed by atoms with E-state index in [1.165, 1.54) is 6.33 Å². The van der Waals surface area contributed by atoms with Crippen LogP contribution in [0.3, 0.4) is 0 Å². The number of likely N-dealkylation sites (N-methyl/N-ethyl adjacent to an activating group) is 1. The van der Waals surface area contributed by atoms with Crippen molar-refractivity contribution < 1.29 is 9.90 Å². The van der Waals surface area contributed by atoms with Gasteiger partial charge in [0.1, 0.15) is 24.5 Å². The van der Waals surface area contributed by atoms with E-state index in [-0.39, 0.29) is 12.1 Å². The lowest BCUT2D eigenvalue weighted by atomic mass is 10.1. The number of nitrogens with zero attached hydrogens (tertiary/aromatic N) is 3. The van der Waals surface area contributed by atoms with E-state index in [4.69, 9.17) is 5.11 Å². The molecule has 6 heteroatoms. The van der Waals surface area contributed by atoms with Crippen molar-refractivity contribution in [3.8, 4) is 0 Å². The Morgan fingerprint density at radius 2 is 2.12 bits per heavy atom. The molecule has 0 saturated heterocycles. The van der Waals surface area contributed by atoms with E-state index in [9.17, 15) is 4.79 Å². The Labute approximate surface area is 101 Å². The maximum atomic E-state index is 10.6. The molecule has 1 aromatic heterocycles. The third-order valence-electron chi connectivity index (χ3n) is 1.92. The molecule has 1 rings (SSSR count). The fraction of sp³-hybridized carbons (Fsp3) is 0.545. The Hall–Kier alpha value is -1.85. The Morgan fingerprint density at radius 1 is 1.47 bits per heavy atom. The summed E-state index contributed by atoms with van der Waals surface area (Å²) in [5.74, 6) is 0.366. The summed E-state index contributed by atoms with van der Waals surface area (Å²) < 4.78 is 0. The van der Waals surface area contributed by atoms with Crippen LogP contribution in [0.25, 0.3) is 0 Å². The first-order chi connectivity index (χ1) is 7.78. The number of rotatable bonds is 4. The summed E-state index contributed by atoms with van der Waals surface area (Å²) in [5, 5.41) is 11.9. The molecule has 0 amide bonds. The molecule has 0 aliphatic rings. The van der Waals surface area contributed by atoms with Gasteiger partial charge in [-0.05, 0) is 20.8 Å². The molecule has 0 aliphatic carbocycles. The molecule has 0 fully saturated rings. The summed E-state index contributed by atoms with van der Waals surface area (Å²) in [6.45, 7) is 5.98. The fourth-order valence-electron chi connectivity index (χ4n) is 1.29. The number of aliphatic carboxylic acids is 1. The van der Waals surface area contributed by atoms with Crippen molar-refractivity contribution in [3.63, 3.8) is 0 Å². The number of carbonyl (C=O) groups is 1. The normalized spacial score (nSPS) is 11.1. The number of nitrogens with one attached hydrogen (secondary N) is 1. The van der Waals surface area contributed by atoms with E-state index in [0.29, 0.717) is 11.6 Å². The second kappa shape index (κ2) is 4.99. The molecule has 0 radical (unpaired) electrons. The SMILES string of the molecule is CN(CC(=O)O)c1cc(NC(C)(C)C)ncn1. The van der Waals surface area contributed by atoms with Gasteiger partial charge in [0, 0.05) is 18.7 Å². The molecule has 0 spiro atoms. The van der Waals surface area contributed by atoms with Crippen LogP contribution in [0.4, 0.5) is 11.6 Å². The zero-order valence-corrected chi connectivity index (χ0v) is 10.6. The molecule has 0 unspecified atom stereocenters. The minimum Gasteiger partial charge on any atom is -0.480 e. The number of carboxylic acid groups (broad SMARTS) is 1. The quantitative estimate of drug-likeness (QED) is 0.820. The number of aromatic nitrogens is 2. The molecule has 17 heavy (non-hydrogen) atoms. The number of anilines is 2. The third kappa shape index (κ3) is 4.67. The second-order valence-corrected chi connectivity index (χ2v) is 4.89. The van der Waals surface area contributed by atoms with Gasteiger partial charge in [-0.25, -0.2) is 9.97 Å². The molecule has 0 atom stereocenters. The second-order valence-electron chi connectivity index (χ2n) is 4.89. The van der Waals surface area contributed by atoms with E-state index >= 15 is 0 Å². The highest BCUT2D eigenvalue weighted by Crippen LogP contribution is 2.16. The van der Waals surface area contributed by atoms with E-state index < -0.39 is 5.97 Å². The molecule has 0 aromatic carbocycles. The summed E-state index contributed by atoms with van der Waals surface area (Å²) in [5.41, 5.74) is -0.100. The highest BCUT2D eigenvalue weighted by Gasteiger charge is 2.12. The highest BCUT2D eigenvalue weighted by molar-refractivity contribution is 5.73. The van der Waals surface area contributed by atoms with Crippen molar-refractivity contribution in [2.45, 2.75) is 26.3 Å². The van der Waals surface area contributed by atoms with E-state index in [1.807, 2.05) is 20.8 Å². The van der Waals surface area contributed by atoms with Crippen molar-refractivity contribution in [3.05, 3.63) is 12.4 Å². The molecule has 1 heterocycles. The Bertz CT molecular complexity index is 401. The lowest BCUT2D eigenvalue weighted by Gasteiger charge is -2.22. The number of hydrogen-bond acceptors (Lipinski definition) is 5. The summed E-state index contributed by atoms with van der Waals surface area (Å²) in [7, 11) is 1.68. The Balaban J connectivity index is 2.82. The van der Waals surface area contributed by atoms with Crippen molar-refractivity contribution in [2.75, 3.05) is 23.8 Å². The van der Waals surface area contributed by atoms with Crippen molar-refractivity contribution in [2.24, 2.45) is 0 Å². The summed E-state index contributed by atoms with van der Waals surface area (Å²) in [4.78, 5) is 20.3. The molecule has 94 valence electrons. The van der Waals surface area contributed by atoms with Gasteiger partial charge in [0.25, 0.3) is 0 Å². The average molecular weight is 238 g/mol. The van der Waals surface area contributed by atoms with Gasteiger partial charge in [-0.2, -0.15) is 0 Å². The van der Waals surface area contributed by atoms with Gasteiger partial charge >= 0.3 is 5.97 Å². The van der Waals surface area contributed by atoms with Crippen LogP contribution in [-0.2, 0) is 4.79 Å². The summed E-state index contributed by atoms with van der Waals surface area (Å²) in [6, 6.07) is 1.73. The zero-order valence-electron chi connectivity index (χ0n) is 10.6.